The van der Waals surface area contributed by atoms with Gasteiger partial charge in [-0.1, -0.05) is 30.7 Å². The van der Waals surface area contributed by atoms with Crippen LogP contribution in [-0.2, 0) is 22.6 Å². The first-order valence-corrected chi connectivity index (χ1v) is 12.9. The maximum atomic E-state index is 14.3. The Bertz CT molecular complexity index is 1500. The molecule has 0 aliphatic carbocycles. The summed E-state index contributed by atoms with van der Waals surface area (Å²) in [6, 6.07) is 9.16. The number of rotatable bonds is 5. The number of nitrogens with zero attached hydrogens (tertiary/aromatic N) is 2. The molecular formula is C25H24ClFN2O4S. The predicted octanol–water partition coefficient (Wildman–Crippen LogP) is 4.70. The van der Waals surface area contributed by atoms with Gasteiger partial charge in [-0.2, -0.15) is 0 Å². The zero-order valence-corrected chi connectivity index (χ0v) is 20.8. The summed E-state index contributed by atoms with van der Waals surface area (Å²) in [6.07, 6.45) is 1.73. The van der Waals surface area contributed by atoms with E-state index in [4.69, 9.17) is 21.3 Å². The summed E-state index contributed by atoms with van der Waals surface area (Å²) < 4.78 is 45.5. The molecule has 0 saturated carbocycles. The van der Waals surface area contributed by atoms with Crippen LogP contribution in [0, 0.1) is 5.82 Å². The first-order chi connectivity index (χ1) is 16.0. The van der Waals surface area contributed by atoms with E-state index in [1.165, 1.54) is 23.8 Å². The third-order valence-electron chi connectivity index (χ3n) is 5.99. The van der Waals surface area contributed by atoms with E-state index in [0.717, 1.165) is 11.1 Å². The van der Waals surface area contributed by atoms with Gasteiger partial charge in [0.25, 0.3) is 5.56 Å². The Labute approximate surface area is 202 Å². The first-order valence-electron chi connectivity index (χ1n) is 10.7. The van der Waals surface area contributed by atoms with Crippen LogP contribution in [0.3, 0.4) is 0 Å². The zero-order valence-electron chi connectivity index (χ0n) is 19.2. The molecule has 1 aliphatic rings. The van der Waals surface area contributed by atoms with E-state index >= 15 is 0 Å². The third kappa shape index (κ3) is 4.40. The zero-order chi connectivity index (χ0) is 24.8. The second-order valence-corrected chi connectivity index (χ2v) is 11.0. The van der Waals surface area contributed by atoms with Crippen LogP contribution in [0.2, 0.25) is 5.02 Å². The highest BCUT2D eigenvalue weighted by molar-refractivity contribution is 7.90. The van der Waals surface area contributed by atoms with Crippen LogP contribution in [0.1, 0.15) is 42.1 Å². The van der Waals surface area contributed by atoms with Gasteiger partial charge in [0, 0.05) is 41.8 Å². The minimum Gasteiger partial charge on any atom is -0.494 e. The van der Waals surface area contributed by atoms with Crippen molar-refractivity contribution in [2.24, 2.45) is 12.0 Å². The number of benzene rings is 2. The van der Waals surface area contributed by atoms with E-state index < -0.39 is 21.7 Å². The van der Waals surface area contributed by atoms with Crippen LogP contribution in [0.4, 0.5) is 4.39 Å². The summed E-state index contributed by atoms with van der Waals surface area (Å²) in [5.41, 5.74) is 4.30. The fourth-order valence-electron chi connectivity index (χ4n) is 4.10. The van der Waals surface area contributed by atoms with Gasteiger partial charge in [-0.25, -0.2) is 12.8 Å². The van der Waals surface area contributed by atoms with E-state index in [9.17, 15) is 17.6 Å². The number of fused-ring (bicyclic) bond motifs is 3. The van der Waals surface area contributed by atoms with Gasteiger partial charge in [-0.15, -0.1) is 0 Å². The molecule has 1 aromatic heterocycles. The van der Waals surface area contributed by atoms with Crippen LogP contribution < -0.4 is 10.3 Å². The molecule has 0 spiro atoms. The Morgan fingerprint density at radius 2 is 1.85 bits per heavy atom. The van der Waals surface area contributed by atoms with Gasteiger partial charge in [0.1, 0.15) is 0 Å². The molecular weight excluding hydrogens is 479 g/mol. The number of hydrogen-bond donors (Lipinski definition) is 0. The monoisotopic (exact) mass is 502 g/mol. The van der Waals surface area contributed by atoms with Crippen molar-refractivity contribution < 1.29 is 17.5 Å². The molecule has 2 aromatic carbocycles. The number of hydrogen-bond acceptors (Lipinski definition) is 5. The summed E-state index contributed by atoms with van der Waals surface area (Å²) in [5, 5.41) is 0.161. The van der Waals surface area contributed by atoms with E-state index in [2.05, 4.69) is 0 Å². The lowest BCUT2D eigenvalue weighted by Gasteiger charge is -2.16. The number of aromatic nitrogens is 1. The van der Waals surface area contributed by atoms with Crippen LogP contribution in [-0.4, -0.2) is 31.6 Å². The molecule has 2 heterocycles. The van der Waals surface area contributed by atoms with Crippen molar-refractivity contribution in [1.82, 2.24) is 4.57 Å². The van der Waals surface area contributed by atoms with Crippen molar-refractivity contribution in [3.8, 4) is 16.9 Å². The average Bonchev–Trinajstić information content (AvgIpc) is 2.89. The fraction of sp³-hybridized carbons (Fsp3) is 0.280. The summed E-state index contributed by atoms with van der Waals surface area (Å²) in [4.78, 5) is 17.3. The maximum absolute atomic E-state index is 14.3. The van der Waals surface area contributed by atoms with E-state index in [-0.39, 0.29) is 27.8 Å². The summed E-state index contributed by atoms with van der Waals surface area (Å²) in [5.74, 6) is -0.642. The maximum Gasteiger partial charge on any atom is 0.250 e. The number of aliphatic imine (C=N–C) groups is 1. The molecule has 1 aliphatic heterocycles. The lowest BCUT2D eigenvalue weighted by Crippen LogP contribution is -2.17. The molecule has 6 nitrogen and oxygen atoms in total. The smallest absolute Gasteiger partial charge is 0.250 e. The molecule has 9 heteroatoms. The fourth-order valence-corrected chi connectivity index (χ4v) is 5.23. The van der Waals surface area contributed by atoms with Gasteiger partial charge in [-0.05, 0) is 41.8 Å². The van der Waals surface area contributed by atoms with Crippen molar-refractivity contribution in [3.05, 3.63) is 86.0 Å². The molecule has 4 rings (SSSR count). The molecule has 0 saturated heterocycles. The largest absolute Gasteiger partial charge is 0.494 e. The van der Waals surface area contributed by atoms with Crippen molar-refractivity contribution >= 4 is 27.1 Å². The molecule has 3 aromatic rings. The molecule has 178 valence electrons. The number of aryl methyl sites for hydroxylation is 1. The van der Waals surface area contributed by atoms with Crippen molar-refractivity contribution in [2.45, 2.75) is 25.6 Å². The predicted molar refractivity (Wildman–Crippen MR) is 132 cm³/mol. The third-order valence-corrected chi connectivity index (χ3v) is 7.95. The van der Waals surface area contributed by atoms with E-state index in [1.807, 2.05) is 13.0 Å². The number of sulfone groups is 1. The molecule has 0 unspecified atom stereocenters. The molecule has 1 atom stereocenters. The highest BCUT2D eigenvalue weighted by Crippen LogP contribution is 2.39. The van der Waals surface area contributed by atoms with Crippen LogP contribution in [0.5, 0.6) is 5.75 Å². The molecule has 0 fully saturated rings. The van der Waals surface area contributed by atoms with Gasteiger partial charge in [-0.3, -0.25) is 9.79 Å². The summed E-state index contributed by atoms with van der Waals surface area (Å²) in [7, 11) is -0.234. The van der Waals surface area contributed by atoms with Gasteiger partial charge in [0.15, 0.2) is 21.4 Å². The van der Waals surface area contributed by atoms with E-state index in [1.54, 1.807) is 38.4 Å². The Kier molecular flexibility index (Phi) is 6.40. The highest BCUT2D eigenvalue weighted by Gasteiger charge is 2.26. The number of pyridine rings is 1. The number of halogens is 2. The van der Waals surface area contributed by atoms with Crippen molar-refractivity contribution in [2.75, 3.05) is 12.9 Å². The molecule has 0 amide bonds. The van der Waals surface area contributed by atoms with Crippen LogP contribution >= 0.6 is 11.6 Å². The first kappa shape index (κ1) is 24.2. The van der Waals surface area contributed by atoms with Gasteiger partial charge in [0.05, 0.1) is 29.6 Å². The normalized spacial score (nSPS) is 15.2. The molecule has 34 heavy (non-hydrogen) atoms. The Hall–Kier alpha value is -2.97. The topological polar surface area (TPSA) is 77.7 Å². The Balaban J connectivity index is 2.04. The second kappa shape index (κ2) is 9.00. The summed E-state index contributed by atoms with van der Waals surface area (Å²) in [6.45, 7) is 3.47. The number of ether oxygens (including phenoxy) is 1. The van der Waals surface area contributed by atoms with Gasteiger partial charge >= 0.3 is 0 Å². The van der Waals surface area contributed by atoms with Crippen molar-refractivity contribution in [3.63, 3.8) is 0 Å². The van der Waals surface area contributed by atoms with E-state index in [0.29, 0.717) is 28.0 Å². The number of methoxy groups -OCH3 is 1. The van der Waals surface area contributed by atoms with Gasteiger partial charge in [0.2, 0.25) is 0 Å². The van der Waals surface area contributed by atoms with Crippen LogP contribution in [0.15, 0.2) is 52.4 Å². The molecule has 0 radical (unpaired) electrons. The SMILES string of the molecule is CCS(=O)(=O)Cc1ccc2c(c1)-c1cn(C)c(=O)cc1[C@H](C)N=C2c1cc(OC)c(F)cc1Cl. The second-order valence-electron chi connectivity index (χ2n) is 8.27. The lowest BCUT2D eigenvalue weighted by molar-refractivity contribution is 0.386. The lowest BCUT2D eigenvalue weighted by atomic mass is 9.91. The molecule has 0 N–H and O–H groups in total. The summed E-state index contributed by atoms with van der Waals surface area (Å²) >= 11 is 6.45. The minimum absolute atomic E-state index is 0.0250. The highest BCUT2D eigenvalue weighted by atomic mass is 35.5. The van der Waals surface area contributed by atoms with Crippen LogP contribution in [0.25, 0.3) is 11.1 Å². The Morgan fingerprint density at radius 1 is 1.12 bits per heavy atom. The molecule has 0 bridgehead atoms. The average molecular weight is 503 g/mol. The van der Waals surface area contributed by atoms with Crippen molar-refractivity contribution in [1.29, 1.82) is 0 Å². The minimum atomic E-state index is -3.26. The van der Waals surface area contributed by atoms with Gasteiger partial charge < -0.3 is 9.30 Å². The quantitative estimate of drug-likeness (QED) is 0.506. The standard InChI is InChI=1S/C25H24ClFN2O4S/c1-5-34(31,32)13-15-6-7-16-18(8-15)20-12-29(3)24(30)10-17(20)14(2)28-25(16)19-9-23(33-4)22(27)11-21(19)26/h6-12,14H,5,13H2,1-4H3/t14-/m0/s1. The Morgan fingerprint density at radius 3 is 2.53 bits per heavy atom.